The Labute approximate surface area is 117 Å². The van der Waals surface area contributed by atoms with Crippen LogP contribution in [0.4, 0.5) is 0 Å². The highest BCUT2D eigenvalue weighted by Crippen LogP contribution is 2.29. The summed E-state index contributed by atoms with van der Waals surface area (Å²) in [6.45, 7) is 1.23. The molecule has 0 saturated heterocycles. The lowest BCUT2D eigenvalue weighted by Crippen LogP contribution is -2.21. The summed E-state index contributed by atoms with van der Waals surface area (Å²) in [5.74, 6) is 0.704. The molecule has 0 amide bonds. The van der Waals surface area contributed by atoms with Crippen molar-refractivity contribution in [1.82, 2.24) is 0 Å². The second-order valence-corrected chi connectivity index (χ2v) is 4.96. The van der Waals surface area contributed by atoms with Crippen LogP contribution in [0, 0.1) is 0 Å². The van der Waals surface area contributed by atoms with E-state index < -0.39 is 0 Å². The molecule has 0 aromatic heterocycles. The highest BCUT2D eigenvalue weighted by atomic mass is 35.5. The number of para-hydroxylation sites is 1. The monoisotopic (exact) mass is 274 g/mol. The van der Waals surface area contributed by atoms with E-state index in [0.29, 0.717) is 17.4 Å². The third-order valence-electron chi connectivity index (χ3n) is 3.32. The number of hydrogen-bond donors (Lipinski definition) is 0. The van der Waals surface area contributed by atoms with Crippen LogP contribution in [0.1, 0.15) is 17.2 Å². The average Bonchev–Trinajstić information content (AvgIpc) is 2.46. The molecule has 0 fully saturated rings. The summed E-state index contributed by atoms with van der Waals surface area (Å²) in [4.78, 5) is 0. The Morgan fingerprint density at radius 2 is 1.89 bits per heavy atom. The zero-order valence-electron chi connectivity index (χ0n) is 10.5. The highest BCUT2D eigenvalue weighted by molar-refractivity contribution is 6.32. The van der Waals surface area contributed by atoms with Crippen molar-refractivity contribution in [3.63, 3.8) is 0 Å². The van der Waals surface area contributed by atoms with Crippen molar-refractivity contribution in [2.24, 2.45) is 0 Å². The molecule has 3 heteroatoms. The van der Waals surface area contributed by atoms with Gasteiger partial charge in [-0.25, -0.2) is 0 Å². The van der Waals surface area contributed by atoms with Crippen molar-refractivity contribution in [1.29, 1.82) is 0 Å². The third kappa shape index (κ3) is 2.75. The van der Waals surface area contributed by atoms with E-state index in [-0.39, 0.29) is 6.10 Å². The molecule has 2 nitrogen and oxygen atoms in total. The Morgan fingerprint density at radius 3 is 2.79 bits per heavy atom. The van der Waals surface area contributed by atoms with Gasteiger partial charge < -0.3 is 9.47 Å². The fourth-order valence-corrected chi connectivity index (χ4v) is 2.53. The smallest absolute Gasteiger partial charge is 0.138 e. The summed E-state index contributed by atoms with van der Waals surface area (Å²) in [5.41, 5.74) is 2.57. The molecule has 1 heterocycles. The van der Waals surface area contributed by atoms with Crippen LogP contribution in [0.5, 0.6) is 5.75 Å². The minimum absolute atomic E-state index is 0.0128. The van der Waals surface area contributed by atoms with Gasteiger partial charge in [-0.3, -0.25) is 0 Å². The SMILES string of the molecule is Clc1ccccc1OCC1OCCc2ccccc21. The molecular weight excluding hydrogens is 260 g/mol. The number of halogens is 1. The lowest BCUT2D eigenvalue weighted by Gasteiger charge is -2.26. The Hall–Kier alpha value is -1.51. The molecule has 3 rings (SSSR count). The molecule has 2 aromatic rings. The summed E-state index contributed by atoms with van der Waals surface area (Å²) in [6, 6.07) is 15.9. The van der Waals surface area contributed by atoms with Gasteiger partial charge in [-0.15, -0.1) is 0 Å². The summed E-state index contributed by atoms with van der Waals surface area (Å²) < 4.78 is 11.6. The van der Waals surface area contributed by atoms with Crippen molar-refractivity contribution in [3.05, 3.63) is 64.7 Å². The Balaban J connectivity index is 1.73. The Kier molecular flexibility index (Phi) is 3.72. The summed E-state index contributed by atoms with van der Waals surface area (Å²) in [5, 5.41) is 0.631. The van der Waals surface area contributed by atoms with Gasteiger partial charge in [0.2, 0.25) is 0 Å². The van der Waals surface area contributed by atoms with Crippen LogP contribution in [0.25, 0.3) is 0 Å². The van der Waals surface area contributed by atoms with Crippen molar-refractivity contribution in [3.8, 4) is 5.75 Å². The van der Waals surface area contributed by atoms with E-state index in [1.165, 1.54) is 11.1 Å². The van der Waals surface area contributed by atoms with Gasteiger partial charge in [-0.05, 0) is 29.7 Å². The number of hydrogen-bond acceptors (Lipinski definition) is 2. The molecule has 2 aromatic carbocycles. The first-order chi connectivity index (χ1) is 9.34. The number of benzene rings is 2. The molecule has 1 aliphatic heterocycles. The van der Waals surface area contributed by atoms with E-state index in [4.69, 9.17) is 21.1 Å². The van der Waals surface area contributed by atoms with Crippen molar-refractivity contribution in [2.75, 3.05) is 13.2 Å². The van der Waals surface area contributed by atoms with Gasteiger partial charge in [-0.2, -0.15) is 0 Å². The molecular formula is C16H15ClO2. The maximum atomic E-state index is 6.08. The second-order valence-electron chi connectivity index (χ2n) is 4.55. The maximum Gasteiger partial charge on any atom is 0.138 e. The van der Waals surface area contributed by atoms with Crippen molar-refractivity contribution >= 4 is 11.6 Å². The van der Waals surface area contributed by atoms with Crippen LogP contribution in [-0.4, -0.2) is 13.2 Å². The number of rotatable bonds is 3. The van der Waals surface area contributed by atoms with Crippen LogP contribution in [0.2, 0.25) is 5.02 Å². The van der Waals surface area contributed by atoms with Gasteiger partial charge >= 0.3 is 0 Å². The second kappa shape index (κ2) is 5.64. The molecule has 1 unspecified atom stereocenters. The minimum atomic E-state index is -0.0128. The quantitative estimate of drug-likeness (QED) is 0.841. The van der Waals surface area contributed by atoms with Crippen molar-refractivity contribution < 1.29 is 9.47 Å². The predicted octanol–water partition coefficient (Wildman–Crippen LogP) is 4.03. The Bertz CT molecular complexity index is 568. The fourth-order valence-electron chi connectivity index (χ4n) is 2.34. The first-order valence-electron chi connectivity index (χ1n) is 6.41. The molecule has 0 aliphatic carbocycles. The zero-order valence-corrected chi connectivity index (χ0v) is 11.3. The van der Waals surface area contributed by atoms with Crippen LogP contribution in [0.15, 0.2) is 48.5 Å². The van der Waals surface area contributed by atoms with Gasteiger partial charge in [0.05, 0.1) is 11.6 Å². The van der Waals surface area contributed by atoms with E-state index in [0.717, 1.165) is 13.0 Å². The van der Waals surface area contributed by atoms with Crippen LogP contribution in [-0.2, 0) is 11.2 Å². The van der Waals surface area contributed by atoms with E-state index in [2.05, 4.69) is 18.2 Å². The molecule has 0 bridgehead atoms. The summed E-state index contributed by atoms with van der Waals surface area (Å²) in [6.07, 6.45) is 0.958. The zero-order chi connectivity index (χ0) is 13.1. The van der Waals surface area contributed by atoms with Gasteiger partial charge in [0.1, 0.15) is 18.5 Å². The maximum absolute atomic E-state index is 6.08. The summed E-state index contributed by atoms with van der Waals surface area (Å²) in [7, 11) is 0. The molecule has 98 valence electrons. The molecule has 1 aliphatic rings. The molecule has 19 heavy (non-hydrogen) atoms. The van der Waals surface area contributed by atoms with Crippen LogP contribution >= 0.6 is 11.6 Å². The third-order valence-corrected chi connectivity index (χ3v) is 3.63. The molecule has 1 atom stereocenters. The average molecular weight is 275 g/mol. The summed E-state index contributed by atoms with van der Waals surface area (Å²) >= 11 is 6.08. The van der Waals surface area contributed by atoms with E-state index in [9.17, 15) is 0 Å². The van der Waals surface area contributed by atoms with E-state index >= 15 is 0 Å². The Morgan fingerprint density at radius 1 is 1.11 bits per heavy atom. The van der Waals surface area contributed by atoms with Crippen LogP contribution < -0.4 is 4.74 Å². The van der Waals surface area contributed by atoms with Crippen molar-refractivity contribution in [2.45, 2.75) is 12.5 Å². The van der Waals surface area contributed by atoms with Gasteiger partial charge in [-0.1, -0.05) is 48.0 Å². The standard InChI is InChI=1S/C16H15ClO2/c17-14-7-3-4-8-15(14)19-11-16-13-6-2-1-5-12(13)9-10-18-16/h1-8,16H,9-11H2. The highest BCUT2D eigenvalue weighted by Gasteiger charge is 2.21. The number of ether oxygens (including phenoxy) is 2. The first-order valence-corrected chi connectivity index (χ1v) is 6.79. The lowest BCUT2D eigenvalue weighted by molar-refractivity contribution is 0.0102. The fraction of sp³-hybridized carbons (Fsp3) is 0.250. The van der Waals surface area contributed by atoms with Gasteiger partial charge in [0.15, 0.2) is 0 Å². The largest absolute Gasteiger partial charge is 0.489 e. The predicted molar refractivity (Wildman–Crippen MR) is 75.8 cm³/mol. The number of fused-ring (bicyclic) bond motifs is 1. The molecule has 0 spiro atoms. The lowest BCUT2D eigenvalue weighted by atomic mass is 9.98. The normalized spacial score (nSPS) is 17.8. The topological polar surface area (TPSA) is 18.5 Å². The molecule has 0 saturated carbocycles. The van der Waals surface area contributed by atoms with E-state index in [1.807, 2.05) is 30.3 Å². The van der Waals surface area contributed by atoms with E-state index in [1.54, 1.807) is 0 Å². The first kappa shape index (κ1) is 12.5. The van der Waals surface area contributed by atoms with Crippen LogP contribution in [0.3, 0.4) is 0 Å². The van der Waals surface area contributed by atoms with Gasteiger partial charge in [0.25, 0.3) is 0 Å². The molecule has 0 radical (unpaired) electrons. The minimum Gasteiger partial charge on any atom is -0.489 e. The van der Waals surface area contributed by atoms with Gasteiger partial charge in [0, 0.05) is 0 Å². The molecule has 0 N–H and O–H groups in total.